The molecule has 0 N–H and O–H groups in total. The maximum atomic E-state index is 12.7. The lowest BCUT2D eigenvalue weighted by Gasteiger charge is -2.35. The smallest absolute Gasteiger partial charge is 0.328 e. The summed E-state index contributed by atoms with van der Waals surface area (Å²) in [5, 5.41) is 0. The summed E-state index contributed by atoms with van der Waals surface area (Å²) in [6.07, 6.45) is 0.448. The first-order chi connectivity index (χ1) is 12.1. The second-order valence-corrected chi connectivity index (χ2v) is 6.61. The zero-order valence-electron chi connectivity index (χ0n) is 13.8. The molecule has 0 fully saturated rings. The van der Waals surface area contributed by atoms with Crippen LogP contribution in [0.3, 0.4) is 0 Å². The molecule has 0 radical (unpaired) electrons. The summed E-state index contributed by atoms with van der Waals surface area (Å²) < 4.78 is 11.3. The van der Waals surface area contributed by atoms with E-state index in [2.05, 4.69) is 15.9 Å². The van der Waals surface area contributed by atoms with Crippen molar-refractivity contribution in [2.24, 2.45) is 0 Å². The van der Waals surface area contributed by atoms with Crippen molar-refractivity contribution in [2.45, 2.75) is 19.0 Å². The molecule has 0 bridgehead atoms. The quantitative estimate of drug-likeness (QED) is 0.736. The first kappa shape index (κ1) is 17.5. The van der Waals surface area contributed by atoms with Crippen molar-refractivity contribution in [3.05, 3.63) is 64.1 Å². The molecular weight excluding hydrogens is 386 g/mol. The Balaban J connectivity index is 1.77. The molecule has 0 aromatic heterocycles. The van der Waals surface area contributed by atoms with Gasteiger partial charge in [0, 0.05) is 13.0 Å². The van der Waals surface area contributed by atoms with Gasteiger partial charge in [0.1, 0.15) is 11.8 Å². The fourth-order valence-electron chi connectivity index (χ4n) is 2.92. The van der Waals surface area contributed by atoms with Gasteiger partial charge in [-0.2, -0.15) is 0 Å². The van der Waals surface area contributed by atoms with Crippen LogP contribution in [0.15, 0.2) is 53.0 Å². The number of methoxy groups -OCH3 is 1. The van der Waals surface area contributed by atoms with Crippen LogP contribution in [0.2, 0.25) is 0 Å². The number of ether oxygens (including phenoxy) is 2. The van der Waals surface area contributed by atoms with Gasteiger partial charge in [0.05, 0.1) is 11.6 Å². The summed E-state index contributed by atoms with van der Waals surface area (Å²) in [6.45, 7) is 0.229. The molecule has 25 heavy (non-hydrogen) atoms. The fourth-order valence-corrected chi connectivity index (χ4v) is 3.32. The van der Waals surface area contributed by atoms with Crippen molar-refractivity contribution in [3.63, 3.8) is 0 Å². The molecule has 1 atom stereocenters. The lowest BCUT2D eigenvalue weighted by atomic mass is 9.94. The first-order valence-electron chi connectivity index (χ1n) is 7.91. The van der Waals surface area contributed by atoms with Gasteiger partial charge in [0.25, 0.3) is 5.91 Å². The average Bonchev–Trinajstić information content (AvgIpc) is 2.65. The van der Waals surface area contributed by atoms with Crippen molar-refractivity contribution in [2.75, 3.05) is 13.7 Å². The molecule has 1 amide bonds. The Labute approximate surface area is 154 Å². The number of benzene rings is 2. The van der Waals surface area contributed by atoms with E-state index in [0.717, 1.165) is 15.6 Å². The van der Waals surface area contributed by atoms with Gasteiger partial charge in [-0.05, 0) is 39.2 Å². The highest BCUT2D eigenvalue weighted by molar-refractivity contribution is 9.10. The standard InChI is InChI=1S/C19H18BrNO4/c1-24-19(23)16-10-13-6-2-3-7-14(13)11-21(16)18(22)12-25-17-9-5-4-8-15(17)20/h2-9,16H,10-12H2,1H3. The third-order valence-electron chi connectivity index (χ3n) is 4.23. The van der Waals surface area contributed by atoms with Crippen LogP contribution in [0, 0.1) is 0 Å². The highest BCUT2D eigenvalue weighted by Crippen LogP contribution is 2.26. The SMILES string of the molecule is COC(=O)C1Cc2ccccc2CN1C(=O)COc1ccccc1Br. The van der Waals surface area contributed by atoms with Crippen LogP contribution in [0.5, 0.6) is 5.75 Å². The minimum absolute atomic E-state index is 0.141. The number of hydrogen-bond acceptors (Lipinski definition) is 4. The van der Waals surface area contributed by atoms with Crippen LogP contribution in [0.4, 0.5) is 0 Å². The molecule has 1 aliphatic rings. The number of amides is 1. The van der Waals surface area contributed by atoms with E-state index in [0.29, 0.717) is 18.7 Å². The molecule has 3 rings (SSSR count). The predicted octanol–water partition coefficient (Wildman–Crippen LogP) is 2.95. The number of rotatable bonds is 4. The number of hydrogen-bond donors (Lipinski definition) is 0. The molecule has 0 saturated carbocycles. The van der Waals surface area contributed by atoms with Crippen molar-refractivity contribution in [3.8, 4) is 5.75 Å². The number of para-hydroxylation sites is 1. The topological polar surface area (TPSA) is 55.8 Å². The Kier molecular flexibility index (Phi) is 5.38. The lowest BCUT2D eigenvalue weighted by Crippen LogP contribution is -2.50. The van der Waals surface area contributed by atoms with Gasteiger partial charge in [0.2, 0.25) is 0 Å². The summed E-state index contributed by atoms with van der Waals surface area (Å²) in [4.78, 5) is 26.4. The van der Waals surface area contributed by atoms with Crippen LogP contribution >= 0.6 is 15.9 Å². The van der Waals surface area contributed by atoms with E-state index in [4.69, 9.17) is 9.47 Å². The molecule has 1 aliphatic heterocycles. The van der Waals surface area contributed by atoms with Crippen LogP contribution in [-0.2, 0) is 27.3 Å². The first-order valence-corrected chi connectivity index (χ1v) is 8.71. The molecule has 5 nitrogen and oxygen atoms in total. The maximum absolute atomic E-state index is 12.7. The number of fused-ring (bicyclic) bond motifs is 1. The van der Waals surface area contributed by atoms with Crippen molar-refractivity contribution < 1.29 is 19.1 Å². The zero-order valence-corrected chi connectivity index (χ0v) is 15.4. The van der Waals surface area contributed by atoms with E-state index in [9.17, 15) is 9.59 Å². The summed E-state index contributed by atoms with van der Waals surface area (Å²) in [5.41, 5.74) is 2.10. The molecule has 0 spiro atoms. The Morgan fingerprint density at radius 1 is 1.12 bits per heavy atom. The molecular formula is C19H18BrNO4. The average molecular weight is 404 g/mol. The van der Waals surface area contributed by atoms with Crippen LogP contribution < -0.4 is 4.74 Å². The lowest BCUT2D eigenvalue weighted by molar-refractivity contribution is -0.154. The Bertz CT molecular complexity index is 792. The fraction of sp³-hybridized carbons (Fsp3) is 0.263. The van der Waals surface area contributed by atoms with Gasteiger partial charge in [-0.25, -0.2) is 4.79 Å². The highest BCUT2D eigenvalue weighted by Gasteiger charge is 2.35. The van der Waals surface area contributed by atoms with Crippen LogP contribution in [-0.4, -0.2) is 36.5 Å². The van der Waals surface area contributed by atoms with Gasteiger partial charge in [0.15, 0.2) is 6.61 Å². The van der Waals surface area contributed by atoms with Crippen LogP contribution in [0.1, 0.15) is 11.1 Å². The molecule has 130 valence electrons. The summed E-state index contributed by atoms with van der Waals surface area (Å²) in [7, 11) is 1.34. The highest BCUT2D eigenvalue weighted by atomic mass is 79.9. The molecule has 0 saturated heterocycles. The second kappa shape index (κ2) is 7.70. The monoisotopic (exact) mass is 403 g/mol. The molecule has 6 heteroatoms. The van der Waals surface area contributed by atoms with Crippen molar-refractivity contribution in [1.82, 2.24) is 4.90 Å². The molecule has 1 heterocycles. The maximum Gasteiger partial charge on any atom is 0.328 e. The van der Waals surface area contributed by atoms with E-state index in [1.165, 1.54) is 12.0 Å². The van der Waals surface area contributed by atoms with E-state index >= 15 is 0 Å². The van der Waals surface area contributed by atoms with E-state index in [1.54, 1.807) is 6.07 Å². The minimum atomic E-state index is -0.629. The number of halogens is 1. The Hall–Kier alpha value is -2.34. The van der Waals surface area contributed by atoms with Crippen molar-refractivity contribution in [1.29, 1.82) is 0 Å². The number of nitrogens with zero attached hydrogens (tertiary/aromatic N) is 1. The normalized spacial score (nSPS) is 16.1. The molecule has 2 aromatic rings. The van der Waals surface area contributed by atoms with Gasteiger partial charge in [-0.15, -0.1) is 0 Å². The third kappa shape index (κ3) is 3.85. The minimum Gasteiger partial charge on any atom is -0.483 e. The largest absolute Gasteiger partial charge is 0.483 e. The molecule has 0 aliphatic carbocycles. The van der Waals surface area contributed by atoms with E-state index < -0.39 is 12.0 Å². The van der Waals surface area contributed by atoms with E-state index in [-0.39, 0.29) is 12.5 Å². The van der Waals surface area contributed by atoms with Gasteiger partial charge < -0.3 is 14.4 Å². The van der Waals surface area contributed by atoms with E-state index in [1.807, 2.05) is 42.5 Å². The molecule has 1 unspecified atom stereocenters. The number of carbonyl (C=O) groups excluding carboxylic acids is 2. The third-order valence-corrected chi connectivity index (χ3v) is 4.89. The van der Waals surface area contributed by atoms with Crippen LogP contribution in [0.25, 0.3) is 0 Å². The number of carbonyl (C=O) groups is 2. The summed E-state index contributed by atoms with van der Waals surface area (Å²) >= 11 is 3.39. The van der Waals surface area contributed by atoms with Gasteiger partial charge in [-0.1, -0.05) is 36.4 Å². The number of esters is 1. The molecule has 2 aromatic carbocycles. The summed E-state index contributed by atoms with van der Waals surface area (Å²) in [5.74, 6) is -0.0766. The Morgan fingerprint density at radius 2 is 1.80 bits per heavy atom. The summed E-state index contributed by atoms with van der Waals surface area (Å²) in [6, 6.07) is 14.5. The van der Waals surface area contributed by atoms with Gasteiger partial charge in [-0.3, -0.25) is 4.79 Å². The Morgan fingerprint density at radius 3 is 2.52 bits per heavy atom. The van der Waals surface area contributed by atoms with Crippen molar-refractivity contribution >= 4 is 27.8 Å². The second-order valence-electron chi connectivity index (χ2n) is 5.75. The van der Waals surface area contributed by atoms with Gasteiger partial charge >= 0.3 is 5.97 Å². The predicted molar refractivity (Wildman–Crippen MR) is 96.1 cm³/mol. The zero-order chi connectivity index (χ0) is 17.8.